The van der Waals surface area contributed by atoms with Crippen LogP contribution in [0.15, 0.2) is 48.5 Å². The van der Waals surface area contributed by atoms with Gasteiger partial charge in [-0.3, -0.25) is 14.4 Å². The average Bonchev–Trinajstić information content (AvgIpc) is 2.59. The highest BCUT2D eigenvalue weighted by molar-refractivity contribution is 6.15. The van der Waals surface area contributed by atoms with Crippen molar-refractivity contribution in [2.75, 3.05) is 6.54 Å². The minimum atomic E-state index is -1.09. The minimum absolute atomic E-state index is 0.0335. The number of ketones is 1. The number of rotatable bonds is 6. The molecule has 130 valence electrons. The fraction of sp³-hybridized carbons (Fsp3) is 0.250. The second-order valence-electron chi connectivity index (χ2n) is 6.61. The predicted molar refractivity (Wildman–Crippen MR) is 94.8 cm³/mol. The molecule has 0 aliphatic heterocycles. The van der Waals surface area contributed by atoms with Crippen molar-refractivity contribution in [1.29, 1.82) is 0 Å². The number of aliphatic carboxylic acids is 1. The largest absolute Gasteiger partial charge is 0.481 e. The maximum absolute atomic E-state index is 12.7. The Kier molecular flexibility index (Phi) is 5.37. The van der Waals surface area contributed by atoms with Crippen molar-refractivity contribution in [1.82, 2.24) is 5.32 Å². The van der Waals surface area contributed by atoms with Gasteiger partial charge in [0, 0.05) is 17.7 Å². The van der Waals surface area contributed by atoms with Gasteiger partial charge in [0.1, 0.15) is 0 Å². The molecule has 0 atom stereocenters. The SMILES string of the molecule is Cc1ccc(C(=O)c2ccccc2C(=O)NCC(C)(C)C(=O)O)cc1. The van der Waals surface area contributed by atoms with Crippen LogP contribution in [0.2, 0.25) is 0 Å². The van der Waals surface area contributed by atoms with Crippen molar-refractivity contribution in [2.24, 2.45) is 5.41 Å². The first-order valence-corrected chi connectivity index (χ1v) is 7.94. The molecule has 0 radical (unpaired) electrons. The Morgan fingerprint density at radius 2 is 1.52 bits per heavy atom. The summed E-state index contributed by atoms with van der Waals surface area (Å²) in [6.45, 7) is 4.95. The third kappa shape index (κ3) is 4.32. The lowest BCUT2D eigenvalue weighted by Crippen LogP contribution is -2.39. The summed E-state index contributed by atoms with van der Waals surface area (Å²) in [5.74, 6) is -1.72. The van der Waals surface area contributed by atoms with Crippen molar-refractivity contribution in [3.8, 4) is 0 Å². The van der Waals surface area contributed by atoms with E-state index in [4.69, 9.17) is 5.11 Å². The Balaban J connectivity index is 2.25. The van der Waals surface area contributed by atoms with Gasteiger partial charge in [0.15, 0.2) is 5.78 Å². The van der Waals surface area contributed by atoms with E-state index in [9.17, 15) is 14.4 Å². The van der Waals surface area contributed by atoms with Gasteiger partial charge in [-0.15, -0.1) is 0 Å². The van der Waals surface area contributed by atoms with Gasteiger partial charge in [0.2, 0.25) is 0 Å². The third-order valence-corrected chi connectivity index (χ3v) is 4.00. The molecule has 5 heteroatoms. The summed E-state index contributed by atoms with van der Waals surface area (Å²) in [5, 5.41) is 11.7. The van der Waals surface area contributed by atoms with E-state index in [-0.39, 0.29) is 23.5 Å². The summed E-state index contributed by atoms with van der Waals surface area (Å²) in [5.41, 5.74) is 0.965. The van der Waals surface area contributed by atoms with Gasteiger partial charge in [-0.05, 0) is 26.8 Å². The molecule has 2 aromatic carbocycles. The Bertz CT molecular complexity index is 807. The maximum Gasteiger partial charge on any atom is 0.310 e. The van der Waals surface area contributed by atoms with Crippen molar-refractivity contribution < 1.29 is 19.5 Å². The lowest BCUT2D eigenvalue weighted by atomic mass is 9.93. The smallest absolute Gasteiger partial charge is 0.310 e. The Morgan fingerprint density at radius 1 is 0.960 bits per heavy atom. The monoisotopic (exact) mass is 339 g/mol. The molecule has 0 aliphatic rings. The lowest BCUT2D eigenvalue weighted by Gasteiger charge is -2.20. The molecule has 0 aliphatic carbocycles. The summed E-state index contributed by atoms with van der Waals surface area (Å²) >= 11 is 0. The van der Waals surface area contributed by atoms with Crippen molar-refractivity contribution in [3.05, 3.63) is 70.8 Å². The number of carboxylic acid groups (broad SMARTS) is 1. The van der Waals surface area contributed by atoms with Gasteiger partial charge in [0.05, 0.1) is 11.0 Å². The molecule has 2 rings (SSSR count). The standard InChI is InChI=1S/C20H21NO4/c1-13-8-10-14(11-9-13)17(22)15-6-4-5-7-16(15)18(23)21-12-20(2,3)19(24)25/h4-11H,12H2,1-3H3,(H,21,23)(H,24,25). The Labute approximate surface area is 146 Å². The number of carbonyl (C=O) groups is 3. The zero-order chi connectivity index (χ0) is 18.6. The molecule has 0 saturated carbocycles. The zero-order valence-electron chi connectivity index (χ0n) is 14.5. The van der Waals surface area contributed by atoms with E-state index in [1.54, 1.807) is 36.4 Å². The summed E-state index contributed by atoms with van der Waals surface area (Å²) in [6, 6.07) is 13.6. The molecule has 0 heterocycles. The number of carboxylic acids is 1. The number of aryl methyl sites for hydroxylation is 1. The number of benzene rings is 2. The van der Waals surface area contributed by atoms with Crippen LogP contribution in [0, 0.1) is 12.3 Å². The number of carbonyl (C=O) groups excluding carboxylic acids is 2. The van der Waals surface area contributed by atoms with Crippen LogP contribution in [0.3, 0.4) is 0 Å². The summed E-state index contributed by atoms with van der Waals surface area (Å²) in [7, 11) is 0. The topological polar surface area (TPSA) is 83.5 Å². The van der Waals surface area contributed by atoms with Crippen molar-refractivity contribution >= 4 is 17.7 Å². The lowest BCUT2D eigenvalue weighted by molar-refractivity contribution is -0.146. The van der Waals surface area contributed by atoms with Gasteiger partial charge in [-0.2, -0.15) is 0 Å². The molecule has 0 aromatic heterocycles. The number of hydrogen-bond donors (Lipinski definition) is 2. The van der Waals surface area contributed by atoms with Crippen molar-refractivity contribution in [3.63, 3.8) is 0 Å². The van der Waals surface area contributed by atoms with Gasteiger partial charge in [-0.25, -0.2) is 0 Å². The van der Waals surface area contributed by atoms with E-state index in [0.29, 0.717) is 5.56 Å². The minimum Gasteiger partial charge on any atom is -0.481 e. The van der Waals surface area contributed by atoms with Crippen LogP contribution in [-0.4, -0.2) is 29.3 Å². The van der Waals surface area contributed by atoms with Crippen LogP contribution in [-0.2, 0) is 4.79 Å². The van der Waals surface area contributed by atoms with E-state index in [0.717, 1.165) is 5.56 Å². The van der Waals surface area contributed by atoms with Gasteiger partial charge in [-0.1, -0.05) is 48.0 Å². The van der Waals surface area contributed by atoms with Crippen LogP contribution in [0.25, 0.3) is 0 Å². The first kappa shape index (κ1) is 18.4. The second-order valence-corrected chi connectivity index (χ2v) is 6.61. The highest BCUT2D eigenvalue weighted by Gasteiger charge is 2.28. The molecule has 5 nitrogen and oxygen atoms in total. The summed E-state index contributed by atoms with van der Waals surface area (Å²) in [6.07, 6.45) is 0. The number of nitrogens with one attached hydrogen (secondary N) is 1. The molecule has 2 N–H and O–H groups in total. The molecule has 0 unspecified atom stereocenters. The Hall–Kier alpha value is -2.95. The van der Waals surface area contributed by atoms with E-state index < -0.39 is 17.3 Å². The highest BCUT2D eigenvalue weighted by Crippen LogP contribution is 2.17. The molecule has 0 saturated heterocycles. The fourth-order valence-corrected chi connectivity index (χ4v) is 2.21. The summed E-state index contributed by atoms with van der Waals surface area (Å²) in [4.78, 5) is 36.3. The molecule has 1 amide bonds. The number of amides is 1. The molecule has 2 aromatic rings. The van der Waals surface area contributed by atoms with Gasteiger partial charge >= 0.3 is 5.97 Å². The molecule has 0 fully saturated rings. The zero-order valence-corrected chi connectivity index (χ0v) is 14.5. The molecular formula is C20H21NO4. The summed E-state index contributed by atoms with van der Waals surface area (Å²) < 4.78 is 0. The van der Waals surface area contributed by atoms with Crippen molar-refractivity contribution in [2.45, 2.75) is 20.8 Å². The quantitative estimate of drug-likeness (QED) is 0.792. The first-order valence-electron chi connectivity index (χ1n) is 7.94. The Morgan fingerprint density at radius 3 is 2.08 bits per heavy atom. The third-order valence-electron chi connectivity index (χ3n) is 4.00. The first-order chi connectivity index (χ1) is 11.7. The predicted octanol–water partition coefficient (Wildman–Crippen LogP) is 3.07. The van der Waals surface area contributed by atoms with Crippen LogP contribution < -0.4 is 5.32 Å². The number of hydrogen-bond acceptors (Lipinski definition) is 3. The molecule has 25 heavy (non-hydrogen) atoms. The average molecular weight is 339 g/mol. The fourth-order valence-electron chi connectivity index (χ4n) is 2.21. The van der Waals surface area contributed by atoms with E-state index in [1.165, 1.54) is 13.8 Å². The van der Waals surface area contributed by atoms with Crippen LogP contribution in [0.1, 0.15) is 45.7 Å². The molecule has 0 bridgehead atoms. The maximum atomic E-state index is 12.7. The highest BCUT2D eigenvalue weighted by atomic mass is 16.4. The molecule has 0 spiro atoms. The normalized spacial score (nSPS) is 11.0. The van der Waals surface area contributed by atoms with E-state index in [2.05, 4.69) is 5.32 Å². The molecular weight excluding hydrogens is 318 g/mol. The van der Waals surface area contributed by atoms with Gasteiger partial charge in [0.25, 0.3) is 5.91 Å². The van der Waals surface area contributed by atoms with Crippen LogP contribution in [0.5, 0.6) is 0 Å². The van der Waals surface area contributed by atoms with Crippen LogP contribution in [0.4, 0.5) is 0 Å². The second kappa shape index (κ2) is 7.30. The van der Waals surface area contributed by atoms with Crippen LogP contribution >= 0.6 is 0 Å². The van der Waals surface area contributed by atoms with E-state index in [1.807, 2.05) is 19.1 Å². The van der Waals surface area contributed by atoms with Gasteiger partial charge < -0.3 is 10.4 Å². The van der Waals surface area contributed by atoms with E-state index >= 15 is 0 Å².